The van der Waals surface area contributed by atoms with Crippen LogP contribution in [0.3, 0.4) is 0 Å². The third-order valence-corrected chi connectivity index (χ3v) is 8.47. The molecule has 1 saturated heterocycles. The topological polar surface area (TPSA) is 71.8 Å². The monoisotopic (exact) mass is 548 g/mol. The summed E-state index contributed by atoms with van der Waals surface area (Å²) in [5, 5.41) is 11.3. The largest absolute Gasteiger partial charge is 0.456 e. The van der Waals surface area contributed by atoms with Crippen LogP contribution in [0.4, 0.5) is 4.39 Å². The standard InChI is InChI=1S/C31H33FN2O4S/c1-18-13-21(32)14-19(2)27(18)38-25-10-9-20(31(3,4)37)15-22(25)24-17-33(5)29(35)23-16-26(39-28(23)24)30(36)34-11-7-6-8-12-34/h9-10,13-17,37H,6-8,11-12H2,1-5H3. The highest BCUT2D eigenvalue weighted by Gasteiger charge is 2.25. The second-order valence-corrected chi connectivity index (χ2v) is 12.0. The maximum atomic E-state index is 14.0. The highest BCUT2D eigenvalue weighted by atomic mass is 32.1. The Hall–Kier alpha value is -3.49. The van der Waals surface area contributed by atoms with E-state index in [1.54, 1.807) is 59.1 Å². The van der Waals surface area contributed by atoms with Crippen LogP contribution in [0.15, 0.2) is 47.4 Å². The minimum Gasteiger partial charge on any atom is -0.456 e. The molecule has 1 N–H and O–H groups in total. The molecule has 0 unspecified atom stereocenters. The second-order valence-electron chi connectivity index (χ2n) is 10.9. The van der Waals surface area contributed by atoms with Gasteiger partial charge in [0.25, 0.3) is 11.5 Å². The van der Waals surface area contributed by atoms with Gasteiger partial charge in [0, 0.05) is 37.5 Å². The number of hydrogen-bond acceptors (Lipinski definition) is 5. The number of halogens is 1. The van der Waals surface area contributed by atoms with Crippen LogP contribution in [0, 0.1) is 19.7 Å². The molecule has 2 aromatic heterocycles. The molecular formula is C31H33FN2O4S. The summed E-state index contributed by atoms with van der Waals surface area (Å²) in [4.78, 5) is 28.9. The summed E-state index contributed by atoms with van der Waals surface area (Å²) in [5.74, 6) is 0.655. The van der Waals surface area contributed by atoms with E-state index in [2.05, 4.69) is 0 Å². The summed E-state index contributed by atoms with van der Waals surface area (Å²) >= 11 is 1.31. The molecule has 0 bridgehead atoms. The SMILES string of the molecule is Cc1cc(F)cc(C)c1Oc1ccc(C(C)(C)O)cc1-c1cn(C)c(=O)c2cc(C(=O)N3CCCCC3)sc12. The minimum absolute atomic E-state index is 0.0526. The molecule has 1 aliphatic rings. The van der Waals surface area contributed by atoms with Crippen LogP contribution >= 0.6 is 11.3 Å². The summed E-state index contributed by atoms with van der Waals surface area (Å²) in [6.45, 7) is 8.44. The van der Waals surface area contributed by atoms with E-state index in [1.165, 1.54) is 28.0 Å². The fourth-order valence-corrected chi connectivity index (χ4v) is 6.32. The van der Waals surface area contributed by atoms with Crippen LogP contribution in [0.5, 0.6) is 11.5 Å². The molecule has 1 amide bonds. The van der Waals surface area contributed by atoms with Gasteiger partial charge in [-0.15, -0.1) is 11.3 Å². The van der Waals surface area contributed by atoms with Crippen molar-refractivity contribution in [1.29, 1.82) is 0 Å². The molecular weight excluding hydrogens is 515 g/mol. The number of pyridine rings is 1. The Balaban J connectivity index is 1.71. The van der Waals surface area contributed by atoms with E-state index in [9.17, 15) is 19.1 Å². The third kappa shape index (κ3) is 5.23. The highest BCUT2D eigenvalue weighted by molar-refractivity contribution is 7.21. The van der Waals surface area contributed by atoms with E-state index in [-0.39, 0.29) is 17.3 Å². The first-order chi connectivity index (χ1) is 18.4. The van der Waals surface area contributed by atoms with E-state index < -0.39 is 5.60 Å². The van der Waals surface area contributed by atoms with Gasteiger partial charge in [0.2, 0.25) is 0 Å². The molecule has 0 saturated carbocycles. The minimum atomic E-state index is -1.13. The molecule has 1 aliphatic heterocycles. The van der Waals surface area contributed by atoms with Gasteiger partial charge < -0.3 is 19.3 Å². The zero-order chi connectivity index (χ0) is 28.1. The zero-order valence-electron chi connectivity index (χ0n) is 22.9. The number of thiophene rings is 1. The fraction of sp³-hybridized carbons (Fsp3) is 0.355. The van der Waals surface area contributed by atoms with Gasteiger partial charge in [0.1, 0.15) is 17.3 Å². The number of carbonyl (C=O) groups excluding carboxylic acids is 1. The number of carbonyl (C=O) groups is 1. The number of aliphatic hydroxyl groups is 1. The third-order valence-electron chi connectivity index (χ3n) is 7.32. The number of aryl methyl sites for hydroxylation is 3. The first-order valence-electron chi connectivity index (χ1n) is 13.2. The van der Waals surface area contributed by atoms with Crippen molar-refractivity contribution in [2.75, 3.05) is 13.1 Å². The molecule has 0 spiro atoms. The molecule has 2 aromatic carbocycles. The van der Waals surface area contributed by atoms with Crippen molar-refractivity contribution in [2.24, 2.45) is 7.05 Å². The predicted octanol–water partition coefficient (Wildman–Crippen LogP) is 6.67. The van der Waals surface area contributed by atoms with Gasteiger partial charge >= 0.3 is 0 Å². The van der Waals surface area contributed by atoms with E-state index >= 15 is 0 Å². The zero-order valence-corrected chi connectivity index (χ0v) is 23.7. The quantitative estimate of drug-likeness (QED) is 0.302. The maximum absolute atomic E-state index is 14.0. The first-order valence-corrected chi connectivity index (χ1v) is 14.0. The Bertz CT molecular complexity index is 1620. The Morgan fingerprint density at radius 1 is 1.03 bits per heavy atom. The Morgan fingerprint density at radius 2 is 1.69 bits per heavy atom. The number of nitrogens with zero attached hydrogens (tertiary/aromatic N) is 2. The Kier molecular flexibility index (Phi) is 7.11. The van der Waals surface area contributed by atoms with Crippen molar-refractivity contribution in [3.05, 3.63) is 80.3 Å². The van der Waals surface area contributed by atoms with Crippen LogP contribution < -0.4 is 10.3 Å². The number of fused-ring (bicyclic) bond motifs is 1. The number of benzene rings is 2. The lowest BCUT2D eigenvalue weighted by Crippen LogP contribution is -2.35. The van der Waals surface area contributed by atoms with E-state index in [1.807, 2.05) is 11.0 Å². The smallest absolute Gasteiger partial charge is 0.263 e. The number of ether oxygens (including phenoxy) is 1. The Labute approximate surface area is 231 Å². The van der Waals surface area contributed by atoms with Crippen molar-refractivity contribution in [3.63, 3.8) is 0 Å². The molecule has 6 nitrogen and oxygen atoms in total. The molecule has 1 fully saturated rings. The van der Waals surface area contributed by atoms with E-state index in [4.69, 9.17) is 4.74 Å². The number of likely N-dealkylation sites (tertiary alicyclic amines) is 1. The van der Waals surface area contributed by atoms with Gasteiger partial charge in [-0.3, -0.25) is 9.59 Å². The van der Waals surface area contributed by atoms with Crippen LogP contribution in [0.1, 0.15) is 59.5 Å². The molecule has 4 aromatic rings. The molecule has 0 aliphatic carbocycles. The summed E-state index contributed by atoms with van der Waals surface area (Å²) in [6, 6.07) is 10.00. The summed E-state index contributed by atoms with van der Waals surface area (Å²) < 4.78 is 22.6. The van der Waals surface area contributed by atoms with Crippen LogP contribution in [0.2, 0.25) is 0 Å². The number of amides is 1. The van der Waals surface area contributed by atoms with E-state index in [0.717, 1.165) is 32.4 Å². The molecule has 8 heteroatoms. The van der Waals surface area contributed by atoms with Crippen molar-refractivity contribution < 1.29 is 19.0 Å². The molecule has 0 atom stereocenters. The van der Waals surface area contributed by atoms with Crippen LogP contribution in [-0.4, -0.2) is 33.6 Å². The molecule has 0 radical (unpaired) electrons. The summed E-state index contributed by atoms with van der Waals surface area (Å²) in [7, 11) is 1.68. The predicted molar refractivity (Wildman–Crippen MR) is 153 cm³/mol. The van der Waals surface area contributed by atoms with Gasteiger partial charge in [0.15, 0.2) is 0 Å². The molecule has 5 rings (SSSR count). The van der Waals surface area contributed by atoms with Gasteiger partial charge in [-0.25, -0.2) is 4.39 Å². The number of piperidine rings is 1. The highest BCUT2D eigenvalue weighted by Crippen LogP contribution is 2.42. The van der Waals surface area contributed by atoms with Gasteiger partial charge in [0.05, 0.1) is 20.6 Å². The van der Waals surface area contributed by atoms with Gasteiger partial charge in [-0.2, -0.15) is 0 Å². The molecule has 39 heavy (non-hydrogen) atoms. The van der Waals surface area contributed by atoms with E-state index in [0.29, 0.717) is 54.3 Å². The summed E-state index contributed by atoms with van der Waals surface area (Å²) in [5.41, 5.74) is 2.04. The van der Waals surface area contributed by atoms with Gasteiger partial charge in [-0.05, 0) is 94.0 Å². The second kappa shape index (κ2) is 10.2. The lowest BCUT2D eigenvalue weighted by atomic mass is 9.93. The summed E-state index contributed by atoms with van der Waals surface area (Å²) in [6.07, 6.45) is 4.83. The fourth-order valence-electron chi connectivity index (χ4n) is 5.18. The lowest BCUT2D eigenvalue weighted by molar-refractivity contribution is 0.0728. The van der Waals surface area contributed by atoms with Crippen LogP contribution in [0.25, 0.3) is 21.2 Å². The average molecular weight is 549 g/mol. The molecule has 3 heterocycles. The average Bonchev–Trinajstić information content (AvgIpc) is 3.34. The molecule has 204 valence electrons. The van der Waals surface area contributed by atoms with Crippen molar-refractivity contribution in [3.8, 4) is 22.6 Å². The van der Waals surface area contributed by atoms with Crippen LogP contribution in [-0.2, 0) is 12.6 Å². The number of aromatic nitrogens is 1. The van der Waals surface area contributed by atoms with Crippen molar-refractivity contribution in [1.82, 2.24) is 9.47 Å². The number of rotatable bonds is 5. The van der Waals surface area contributed by atoms with Crippen molar-refractivity contribution in [2.45, 2.75) is 52.6 Å². The lowest BCUT2D eigenvalue weighted by Gasteiger charge is -2.26. The Morgan fingerprint density at radius 3 is 2.33 bits per heavy atom. The normalized spacial score (nSPS) is 14.2. The van der Waals surface area contributed by atoms with Gasteiger partial charge in [-0.1, -0.05) is 6.07 Å². The maximum Gasteiger partial charge on any atom is 0.263 e. The first kappa shape index (κ1) is 27.1. The number of hydrogen-bond donors (Lipinski definition) is 1. The van der Waals surface area contributed by atoms with Crippen molar-refractivity contribution >= 4 is 27.3 Å².